The van der Waals surface area contributed by atoms with E-state index in [-0.39, 0.29) is 0 Å². The molecule has 0 amide bonds. The molecule has 0 unspecified atom stereocenters. The van der Waals surface area contributed by atoms with Gasteiger partial charge in [0.1, 0.15) is 0 Å². The van der Waals surface area contributed by atoms with Gasteiger partial charge in [-0.25, -0.2) is 4.67 Å². The first kappa shape index (κ1) is 13.2. The van der Waals surface area contributed by atoms with E-state index in [1.807, 2.05) is 60.7 Å². The van der Waals surface area contributed by atoms with Crippen molar-refractivity contribution in [2.75, 3.05) is 0 Å². The zero-order valence-corrected chi connectivity index (χ0v) is 10.9. The van der Waals surface area contributed by atoms with Crippen molar-refractivity contribution in [1.29, 1.82) is 0 Å². The van der Waals surface area contributed by atoms with Crippen LogP contribution in [0.2, 0.25) is 0 Å². The van der Waals surface area contributed by atoms with Crippen molar-refractivity contribution in [3.63, 3.8) is 0 Å². The maximum absolute atomic E-state index is 9.48. The van der Waals surface area contributed by atoms with E-state index in [1.54, 1.807) is 4.67 Å². The third-order valence-electron chi connectivity index (χ3n) is 2.67. The summed E-state index contributed by atoms with van der Waals surface area (Å²) in [4.78, 5) is 19.0. The van der Waals surface area contributed by atoms with E-state index in [4.69, 9.17) is 0 Å². The highest BCUT2D eigenvalue weighted by molar-refractivity contribution is 7.42. The van der Waals surface area contributed by atoms with Crippen LogP contribution < -0.4 is 0 Å². The molecule has 0 saturated carbocycles. The molecule has 2 aromatic rings. The van der Waals surface area contributed by atoms with Gasteiger partial charge in [-0.2, -0.15) is 0 Å². The summed E-state index contributed by atoms with van der Waals surface area (Å²) in [6.45, 7) is 1.07. The number of hydrogen-bond donors (Lipinski definition) is 2. The first-order valence-electron chi connectivity index (χ1n) is 5.76. The van der Waals surface area contributed by atoms with Gasteiger partial charge < -0.3 is 9.79 Å². The molecule has 0 aromatic heterocycles. The van der Waals surface area contributed by atoms with Gasteiger partial charge in [-0.3, -0.25) is 0 Å². The fourth-order valence-electron chi connectivity index (χ4n) is 1.77. The lowest BCUT2D eigenvalue weighted by molar-refractivity contribution is 0.330. The summed E-state index contributed by atoms with van der Waals surface area (Å²) < 4.78 is 1.67. The number of benzene rings is 2. The van der Waals surface area contributed by atoms with Gasteiger partial charge in [-0.1, -0.05) is 60.7 Å². The largest absolute Gasteiger partial charge is 0.338 e. The molecule has 3 nitrogen and oxygen atoms in total. The Morgan fingerprint density at radius 3 is 1.44 bits per heavy atom. The minimum atomic E-state index is -2.08. The zero-order chi connectivity index (χ0) is 12.8. The van der Waals surface area contributed by atoms with Crippen molar-refractivity contribution in [3.05, 3.63) is 71.8 Å². The molecule has 0 bridgehead atoms. The summed E-state index contributed by atoms with van der Waals surface area (Å²) in [5.74, 6) is 0. The highest BCUT2D eigenvalue weighted by Crippen LogP contribution is 2.33. The van der Waals surface area contributed by atoms with Gasteiger partial charge >= 0.3 is 0 Å². The molecule has 2 aromatic carbocycles. The van der Waals surface area contributed by atoms with E-state index in [2.05, 4.69) is 0 Å². The smallest absolute Gasteiger partial charge is 0.253 e. The predicted molar refractivity (Wildman–Crippen MR) is 73.5 cm³/mol. The van der Waals surface area contributed by atoms with Crippen LogP contribution in [-0.2, 0) is 13.1 Å². The summed E-state index contributed by atoms with van der Waals surface area (Å²) in [5, 5.41) is 0. The normalized spacial score (nSPS) is 11.1. The average molecular weight is 261 g/mol. The zero-order valence-electron chi connectivity index (χ0n) is 9.98. The van der Waals surface area contributed by atoms with Crippen LogP contribution in [0.1, 0.15) is 11.1 Å². The lowest BCUT2D eigenvalue weighted by Gasteiger charge is -2.22. The fourth-order valence-corrected chi connectivity index (χ4v) is 2.35. The second-order valence-electron chi connectivity index (χ2n) is 4.06. The Kier molecular flexibility index (Phi) is 4.85. The Hall–Kier alpha value is -1.25. The molecule has 0 atom stereocenters. The quantitative estimate of drug-likeness (QED) is 0.813. The lowest BCUT2D eigenvalue weighted by atomic mass is 10.2. The Morgan fingerprint density at radius 2 is 1.11 bits per heavy atom. The average Bonchev–Trinajstić information content (AvgIpc) is 2.40. The highest BCUT2D eigenvalue weighted by Gasteiger charge is 2.14. The van der Waals surface area contributed by atoms with E-state index in [0.29, 0.717) is 13.1 Å². The molecule has 0 aliphatic heterocycles. The van der Waals surface area contributed by atoms with Crippen LogP contribution in [0, 0.1) is 0 Å². The Bertz CT molecular complexity index is 420. The molecule has 0 fully saturated rings. The van der Waals surface area contributed by atoms with Crippen molar-refractivity contribution in [2.45, 2.75) is 13.1 Å². The van der Waals surface area contributed by atoms with E-state index < -0.39 is 8.53 Å². The van der Waals surface area contributed by atoms with Crippen molar-refractivity contribution < 1.29 is 9.79 Å². The SMILES string of the molecule is OP(O)N(Cc1ccccc1)Cc1ccccc1. The molecule has 18 heavy (non-hydrogen) atoms. The summed E-state index contributed by atoms with van der Waals surface area (Å²) in [6, 6.07) is 19.6. The Morgan fingerprint density at radius 1 is 0.722 bits per heavy atom. The third-order valence-corrected chi connectivity index (χ3v) is 3.46. The van der Waals surface area contributed by atoms with Crippen molar-refractivity contribution in [2.24, 2.45) is 0 Å². The molecular weight excluding hydrogens is 245 g/mol. The topological polar surface area (TPSA) is 43.7 Å². The van der Waals surface area contributed by atoms with Gasteiger partial charge in [-0.15, -0.1) is 0 Å². The first-order chi connectivity index (χ1) is 8.75. The van der Waals surface area contributed by atoms with Crippen LogP contribution >= 0.6 is 8.53 Å². The second kappa shape index (κ2) is 6.62. The molecular formula is C14H16NO2P. The maximum atomic E-state index is 9.48. The van der Waals surface area contributed by atoms with Gasteiger partial charge in [-0.05, 0) is 11.1 Å². The van der Waals surface area contributed by atoms with Crippen LogP contribution in [0.25, 0.3) is 0 Å². The molecule has 0 heterocycles. The summed E-state index contributed by atoms with van der Waals surface area (Å²) in [7, 11) is -2.08. The summed E-state index contributed by atoms with van der Waals surface area (Å²) in [5.41, 5.74) is 2.15. The van der Waals surface area contributed by atoms with Crippen molar-refractivity contribution in [1.82, 2.24) is 4.67 Å². The predicted octanol–water partition coefficient (Wildman–Crippen LogP) is 2.90. The van der Waals surface area contributed by atoms with Crippen LogP contribution in [0.3, 0.4) is 0 Å². The van der Waals surface area contributed by atoms with Gasteiger partial charge in [0.15, 0.2) is 0 Å². The van der Waals surface area contributed by atoms with Crippen LogP contribution in [0.4, 0.5) is 0 Å². The molecule has 94 valence electrons. The minimum Gasteiger partial charge on any atom is -0.338 e. The lowest BCUT2D eigenvalue weighted by Crippen LogP contribution is -2.16. The van der Waals surface area contributed by atoms with E-state index >= 15 is 0 Å². The number of nitrogens with zero attached hydrogens (tertiary/aromatic N) is 1. The molecule has 0 aliphatic carbocycles. The molecule has 0 aliphatic rings. The number of rotatable bonds is 5. The number of hydrogen-bond acceptors (Lipinski definition) is 3. The van der Waals surface area contributed by atoms with Crippen molar-refractivity contribution >= 4 is 8.53 Å². The molecule has 0 spiro atoms. The first-order valence-corrected chi connectivity index (χ1v) is 6.96. The molecule has 0 saturated heterocycles. The molecule has 2 rings (SSSR count). The van der Waals surface area contributed by atoms with E-state index in [0.717, 1.165) is 11.1 Å². The van der Waals surface area contributed by atoms with Crippen LogP contribution in [0.5, 0.6) is 0 Å². The summed E-state index contributed by atoms with van der Waals surface area (Å²) >= 11 is 0. The molecule has 2 N–H and O–H groups in total. The molecule has 0 radical (unpaired) electrons. The standard InChI is InChI=1S/C14H16NO2P/c16-18(17)15(11-13-7-3-1-4-8-13)12-14-9-5-2-6-10-14/h1-10,16-17H,11-12H2. The fraction of sp³-hybridized carbons (Fsp3) is 0.143. The molecule has 4 heteroatoms. The summed E-state index contributed by atoms with van der Waals surface area (Å²) in [6.07, 6.45) is 0. The van der Waals surface area contributed by atoms with Crippen LogP contribution in [0.15, 0.2) is 60.7 Å². The van der Waals surface area contributed by atoms with Crippen LogP contribution in [-0.4, -0.2) is 14.5 Å². The Balaban J connectivity index is 2.05. The van der Waals surface area contributed by atoms with E-state index in [9.17, 15) is 9.79 Å². The second-order valence-corrected chi connectivity index (χ2v) is 5.16. The van der Waals surface area contributed by atoms with Gasteiger partial charge in [0.05, 0.1) is 0 Å². The minimum absolute atomic E-state index is 0.536. The van der Waals surface area contributed by atoms with Gasteiger partial charge in [0.2, 0.25) is 0 Å². The highest BCUT2D eigenvalue weighted by atomic mass is 31.2. The maximum Gasteiger partial charge on any atom is 0.253 e. The van der Waals surface area contributed by atoms with Gasteiger partial charge in [0, 0.05) is 13.1 Å². The Labute approximate surface area is 108 Å². The monoisotopic (exact) mass is 261 g/mol. The third kappa shape index (κ3) is 3.90. The van der Waals surface area contributed by atoms with E-state index in [1.165, 1.54) is 0 Å². The van der Waals surface area contributed by atoms with Crippen molar-refractivity contribution in [3.8, 4) is 0 Å². The van der Waals surface area contributed by atoms with Gasteiger partial charge in [0.25, 0.3) is 8.53 Å².